The number of hydrogen-bond donors (Lipinski definition) is 2. The maximum Gasteiger partial charge on any atom is 0.340 e. The van der Waals surface area contributed by atoms with E-state index in [-0.39, 0.29) is 24.3 Å². The quantitative estimate of drug-likeness (QED) is 0.768. The molecule has 1 saturated carbocycles. The minimum absolute atomic E-state index is 0.169. The third kappa shape index (κ3) is 4.53. The average molecular weight is 366 g/mol. The van der Waals surface area contributed by atoms with Crippen LogP contribution in [0, 0.1) is 18.8 Å². The van der Waals surface area contributed by atoms with E-state index in [9.17, 15) is 14.4 Å². The molecular formula is C21H22N2O4. The maximum atomic E-state index is 12.5. The molecule has 2 N–H and O–H groups in total. The number of rotatable bonds is 6. The lowest BCUT2D eigenvalue weighted by molar-refractivity contribution is -0.122. The van der Waals surface area contributed by atoms with Crippen molar-refractivity contribution in [1.29, 1.82) is 0 Å². The summed E-state index contributed by atoms with van der Waals surface area (Å²) in [6.07, 6.45) is 0.491. The molecule has 140 valence electrons. The van der Waals surface area contributed by atoms with E-state index in [4.69, 9.17) is 4.74 Å². The summed E-state index contributed by atoms with van der Waals surface area (Å²) in [5, 5.41) is 5.58. The summed E-state index contributed by atoms with van der Waals surface area (Å²) in [5.41, 5.74) is 2.51. The SMILES string of the molecule is CCOC(=O)c1ccccc1NC(=O)C1CC1C(=O)Nc1ccc(C)cc1. The Bertz CT molecular complexity index is 861. The van der Waals surface area contributed by atoms with E-state index in [1.165, 1.54) is 0 Å². The number of benzene rings is 2. The lowest BCUT2D eigenvalue weighted by Gasteiger charge is -2.10. The van der Waals surface area contributed by atoms with Gasteiger partial charge in [-0.2, -0.15) is 0 Å². The van der Waals surface area contributed by atoms with Crippen molar-refractivity contribution in [1.82, 2.24) is 0 Å². The number of esters is 1. The van der Waals surface area contributed by atoms with Crippen LogP contribution in [0.5, 0.6) is 0 Å². The number of para-hydroxylation sites is 1. The summed E-state index contributed by atoms with van der Waals surface area (Å²) in [6, 6.07) is 14.2. The number of ether oxygens (including phenoxy) is 1. The normalized spacial score (nSPS) is 17.7. The van der Waals surface area contributed by atoms with Crippen molar-refractivity contribution in [3.05, 3.63) is 59.7 Å². The van der Waals surface area contributed by atoms with Gasteiger partial charge in [-0.3, -0.25) is 9.59 Å². The van der Waals surface area contributed by atoms with Crippen molar-refractivity contribution >= 4 is 29.2 Å². The van der Waals surface area contributed by atoms with Crippen LogP contribution in [0.2, 0.25) is 0 Å². The molecule has 0 saturated heterocycles. The first-order valence-electron chi connectivity index (χ1n) is 8.94. The summed E-state index contributed by atoms with van der Waals surface area (Å²) in [4.78, 5) is 36.8. The van der Waals surface area contributed by atoms with Gasteiger partial charge in [0.2, 0.25) is 11.8 Å². The Balaban J connectivity index is 1.60. The fourth-order valence-electron chi connectivity index (χ4n) is 2.85. The summed E-state index contributed by atoms with van der Waals surface area (Å²) >= 11 is 0. The van der Waals surface area contributed by atoms with Crippen molar-refractivity contribution in [3.63, 3.8) is 0 Å². The molecule has 6 heteroatoms. The minimum atomic E-state index is -0.488. The van der Waals surface area contributed by atoms with E-state index in [0.29, 0.717) is 23.4 Å². The van der Waals surface area contributed by atoms with Gasteiger partial charge in [-0.15, -0.1) is 0 Å². The van der Waals surface area contributed by atoms with E-state index in [1.54, 1.807) is 31.2 Å². The second-order valence-corrected chi connectivity index (χ2v) is 6.56. The first kappa shape index (κ1) is 18.6. The fourth-order valence-corrected chi connectivity index (χ4v) is 2.85. The number of amides is 2. The topological polar surface area (TPSA) is 84.5 Å². The molecule has 3 rings (SSSR count). The molecule has 1 aliphatic carbocycles. The molecule has 0 heterocycles. The molecule has 27 heavy (non-hydrogen) atoms. The molecule has 2 aromatic carbocycles. The molecule has 1 fully saturated rings. The van der Waals surface area contributed by atoms with Crippen LogP contribution >= 0.6 is 0 Å². The number of hydrogen-bond acceptors (Lipinski definition) is 4. The van der Waals surface area contributed by atoms with Gasteiger partial charge in [0.25, 0.3) is 0 Å². The first-order valence-corrected chi connectivity index (χ1v) is 8.94. The minimum Gasteiger partial charge on any atom is -0.462 e. The Labute approximate surface area is 157 Å². The zero-order chi connectivity index (χ0) is 19.4. The molecule has 6 nitrogen and oxygen atoms in total. The highest BCUT2D eigenvalue weighted by atomic mass is 16.5. The van der Waals surface area contributed by atoms with E-state index < -0.39 is 11.9 Å². The summed E-state index contributed by atoms with van der Waals surface area (Å²) < 4.78 is 5.01. The van der Waals surface area contributed by atoms with Gasteiger partial charge >= 0.3 is 5.97 Å². The lowest BCUT2D eigenvalue weighted by Crippen LogP contribution is -2.21. The van der Waals surface area contributed by atoms with Crippen LogP contribution in [0.4, 0.5) is 11.4 Å². The van der Waals surface area contributed by atoms with Gasteiger partial charge in [-0.25, -0.2) is 4.79 Å². The lowest BCUT2D eigenvalue weighted by atomic mass is 10.1. The van der Waals surface area contributed by atoms with Crippen molar-refractivity contribution in [2.75, 3.05) is 17.2 Å². The monoisotopic (exact) mass is 366 g/mol. The first-order chi connectivity index (χ1) is 13.0. The molecule has 0 radical (unpaired) electrons. The van der Waals surface area contributed by atoms with E-state index >= 15 is 0 Å². The Morgan fingerprint density at radius 2 is 1.59 bits per heavy atom. The van der Waals surface area contributed by atoms with E-state index in [1.807, 2.05) is 31.2 Å². The Kier molecular flexibility index (Phi) is 5.54. The predicted molar refractivity (Wildman–Crippen MR) is 102 cm³/mol. The molecule has 1 aliphatic rings. The van der Waals surface area contributed by atoms with E-state index in [2.05, 4.69) is 10.6 Å². The molecule has 0 bridgehead atoms. The van der Waals surface area contributed by atoms with E-state index in [0.717, 1.165) is 5.56 Å². The largest absolute Gasteiger partial charge is 0.462 e. The highest BCUT2D eigenvalue weighted by molar-refractivity contribution is 6.06. The van der Waals surface area contributed by atoms with Gasteiger partial charge in [-0.05, 0) is 44.5 Å². The molecule has 2 atom stereocenters. The zero-order valence-corrected chi connectivity index (χ0v) is 15.3. The molecule has 0 spiro atoms. The van der Waals surface area contributed by atoms with Gasteiger partial charge in [0, 0.05) is 5.69 Å². The zero-order valence-electron chi connectivity index (χ0n) is 15.3. The fraction of sp³-hybridized carbons (Fsp3) is 0.286. The summed E-state index contributed by atoms with van der Waals surface area (Å²) in [6.45, 7) is 3.95. The molecule has 2 amide bonds. The summed E-state index contributed by atoms with van der Waals surface area (Å²) in [5.74, 6) is -1.68. The second-order valence-electron chi connectivity index (χ2n) is 6.56. The average Bonchev–Trinajstić information content (AvgIpc) is 3.45. The van der Waals surface area contributed by atoms with Gasteiger partial charge < -0.3 is 15.4 Å². The van der Waals surface area contributed by atoms with Crippen LogP contribution in [0.25, 0.3) is 0 Å². The molecule has 0 aromatic heterocycles. The summed E-state index contributed by atoms with van der Waals surface area (Å²) in [7, 11) is 0. The van der Waals surface area contributed by atoms with Crippen LogP contribution in [-0.2, 0) is 14.3 Å². The third-order valence-electron chi connectivity index (χ3n) is 4.46. The number of carbonyl (C=O) groups is 3. The highest BCUT2D eigenvalue weighted by Gasteiger charge is 2.48. The number of carbonyl (C=O) groups excluding carboxylic acids is 3. The number of aryl methyl sites for hydroxylation is 1. The van der Waals surface area contributed by atoms with Crippen molar-refractivity contribution in [2.24, 2.45) is 11.8 Å². The maximum absolute atomic E-state index is 12.5. The number of anilines is 2. The molecule has 0 aliphatic heterocycles. The van der Waals surface area contributed by atoms with Crippen LogP contribution in [0.3, 0.4) is 0 Å². The van der Waals surface area contributed by atoms with Crippen molar-refractivity contribution < 1.29 is 19.1 Å². The van der Waals surface area contributed by atoms with Gasteiger partial charge in [0.05, 0.1) is 29.7 Å². The molecular weight excluding hydrogens is 344 g/mol. The van der Waals surface area contributed by atoms with Crippen LogP contribution < -0.4 is 10.6 Å². The Hall–Kier alpha value is -3.15. The smallest absolute Gasteiger partial charge is 0.340 e. The number of nitrogens with one attached hydrogen (secondary N) is 2. The van der Waals surface area contributed by atoms with Crippen LogP contribution in [0.15, 0.2) is 48.5 Å². The van der Waals surface area contributed by atoms with Crippen LogP contribution in [0.1, 0.15) is 29.3 Å². The third-order valence-corrected chi connectivity index (χ3v) is 4.46. The molecule has 2 unspecified atom stereocenters. The van der Waals surface area contributed by atoms with Gasteiger partial charge in [-0.1, -0.05) is 29.8 Å². The van der Waals surface area contributed by atoms with Crippen molar-refractivity contribution in [2.45, 2.75) is 20.3 Å². The second kappa shape index (κ2) is 8.03. The Morgan fingerprint density at radius 3 is 2.26 bits per heavy atom. The Morgan fingerprint density at radius 1 is 0.963 bits per heavy atom. The van der Waals surface area contributed by atoms with Gasteiger partial charge in [0.15, 0.2) is 0 Å². The highest BCUT2D eigenvalue weighted by Crippen LogP contribution is 2.40. The molecule has 2 aromatic rings. The van der Waals surface area contributed by atoms with Crippen molar-refractivity contribution in [3.8, 4) is 0 Å². The standard InChI is InChI=1S/C21H22N2O4/c1-3-27-21(26)15-6-4-5-7-18(15)23-20(25)17-12-16(17)19(24)22-14-10-8-13(2)9-11-14/h4-11,16-17H,3,12H2,1-2H3,(H,22,24)(H,23,25). The predicted octanol–water partition coefficient (Wildman–Crippen LogP) is 3.39. The van der Waals surface area contributed by atoms with Gasteiger partial charge in [0.1, 0.15) is 0 Å². The van der Waals surface area contributed by atoms with Crippen LogP contribution in [-0.4, -0.2) is 24.4 Å².